The van der Waals surface area contributed by atoms with Gasteiger partial charge in [0.25, 0.3) is 0 Å². The fraction of sp³-hybridized carbons (Fsp3) is 0.765. The maximum Gasteiger partial charge on any atom is 0.348 e. The van der Waals surface area contributed by atoms with Gasteiger partial charge in [-0.05, 0) is 56.6 Å². The second-order valence-corrected chi connectivity index (χ2v) is 15.5. The lowest BCUT2D eigenvalue weighted by atomic mass is 9.38. The highest BCUT2D eigenvalue weighted by Crippen LogP contribution is 2.73. The van der Waals surface area contributed by atoms with Gasteiger partial charge in [-0.2, -0.15) is 0 Å². The maximum atomic E-state index is 14.0. The number of fused-ring (bicyclic) bond motifs is 2. The van der Waals surface area contributed by atoms with Gasteiger partial charge in [0.15, 0.2) is 11.5 Å². The molecule has 3 aliphatic carbocycles. The van der Waals surface area contributed by atoms with Crippen LogP contribution in [0.15, 0.2) is 23.0 Å². The van der Waals surface area contributed by atoms with Gasteiger partial charge in [-0.25, -0.2) is 14.4 Å². The van der Waals surface area contributed by atoms with Crippen LogP contribution < -0.4 is 0 Å². The zero-order chi connectivity index (χ0) is 37.7. The SMILES string of the molecule is COC(=O)C12OCC34C(CC5C(C)=C(OC6OC(CO)C(O)C(O)C6O)C(=O)CC5(C)C3C(O)C1O)OC(=O)C(OC(=O)/C=C(\C)C(C)(C)O)C24. The lowest BCUT2D eigenvalue weighted by Gasteiger charge is -2.67. The molecule has 17 heteroatoms. The molecule has 17 nitrogen and oxygen atoms in total. The normalized spacial score (nSPS) is 46.5. The number of hydrogen-bond donors (Lipinski definition) is 7. The van der Waals surface area contributed by atoms with Crippen LogP contribution in [0.5, 0.6) is 0 Å². The van der Waals surface area contributed by atoms with E-state index in [0.717, 1.165) is 13.2 Å². The Morgan fingerprint density at radius 3 is 2.31 bits per heavy atom. The highest BCUT2D eigenvalue weighted by Gasteiger charge is 2.85. The summed E-state index contributed by atoms with van der Waals surface area (Å²) in [5.74, 6) is -7.35. The van der Waals surface area contributed by atoms with Crippen molar-refractivity contribution in [3.63, 3.8) is 0 Å². The van der Waals surface area contributed by atoms with Crippen molar-refractivity contribution in [2.24, 2.45) is 28.6 Å². The number of aliphatic hydroxyl groups excluding tert-OH is 6. The molecule has 3 aliphatic heterocycles. The van der Waals surface area contributed by atoms with Gasteiger partial charge in [0.05, 0.1) is 37.9 Å². The first kappa shape index (κ1) is 37.7. The largest absolute Gasteiger partial charge is 0.467 e. The number of esters is 3. The smallest absolute Gasteiger partial charge is 0.348 e. The second-order valence-electron chi connectivity index (χ2n) is 15.5. The monoisotopic (exact) mass is 726 g/mol. The molecule has 3 heterocycles. The molecule has 2 saturated carbocycles. The Hall–Kier alpha value is -3.00. The standard InChI is InChI=1S/C34H46O17/c1-12(31(3,4)45)7-18(37)50-24-26-33-11-47-34(26,30(44)46-6)27(42)22(41)25(33)32(5)9-15(36)23(13(2)14(32)8-17(33)49-28(24)43)51-29-21(40)20(39)19(38)16(10-35)48-29/h7,14,16-17,19-22,24-27,29,35,38-42,45H,8-11H2,1-6H3/b12-7+. The minimum atomic E-state index is -2.38. The Balaban J connectivity index is 1.43. The van der Waals surface area contributed by atoms with Crippen molar-refractivity contribution in [3.05, 3.63) is 23.0 Å². The van der Waals surface area contributed by atoms with Crippen molar-refractivity contribution in [1.29, 1.82) is 0 Å². The van der Waals surface area contributed by atoms with Crippen LogP contribution >= 0.6 is 0 Å². The van der Waals surface area contributed by atoms with Crippen LogP contribution in [0.1, 0.15) is 47.5 Å². The van der Waals surface area contributed by atoms with Crippen LogP contribution in [0.2, 0.25) is 0 Å². The zero-order valence-electron chi connectivity index (χ0n) is 29.0. The quantitative estimate of drug-likeness (QED) is 0.0814. The Morgan fingerprint density at radius 2 is 1.71 bits per heavy atom. The molecule has 0 aromatic heterocycles. The summed E-state index contributed by atoms with van der Waals surface area (Å²) in [5.41, 5.74) is -6.03. The minimum absolute atomic E-state index is 0.00228. The highest BCUT2D eigenvalue weighted by molar-refractivity contribution is 5.96. The first-order valence-corrected chi connectivity index (χ1v) is 16.8. The number of aliphatic hydroxyl groups is 7. The summed E-state index contributed by atoms with van der Waals surface area (Å²) in [6.07, 6.45) is -14.3. The Labute approximate surface area is 292 Å². The van der Waals surface area contributed by atoms with E-state index in [1.54, 1.807) is 13.8 Å². The van der Waals surface area contributed by atoms with E-state index in [1.165, 1.54) is 20.8 Å². The summed E-state index contributed by atoms with van der Waals surface area (Å²) in [6.45, 7) is 6.55. The van der Waals surface area contributed by atoms with Crippen LogP contribution in [-0.2, 0) is 47.6 Å². The zero-order valence-corrected chi connectivity index (χ0v) is 29.0. The first-order valence-electron chi connectivity index (χ1n) is 16.8. The molecular formula is C34H46O17. The van der Waals surface area contributed by atoms with Crippen molar-refractivity contribution in [1.82, 2.24) is 0 Å². The predicted molar refractivity (Wildman–Crippen MR) is 165 cm³/mol. The molecule has 3 saturated heterocycles. The van der Waals surface area contributed by atoms with Crippen molar-refractivity contribution < 1.29 is 83.3 Å². The van der Waals surface area contributed by atoms with E-state index in [0.29, 0.717) is 5.57 Å². The molecule has 15 unspecified atom stereocenters. The molecule has 0 amide bonds. The van der Waals surface area contributed by atoms with Crippen LogP contribution in [0, 0.1) is 28.6 Å². The average Bonchev–Trinajstić information content (AvgIpc) is 3.36. The number of methoxy groups -OCH3 is 1. The number of ketones is 1. The summed E-state index contributed by atoms with van der Waals surface area (Å²) in [5, 5.41) is 74.9. The Bertz CT molecular complexity index is 1550. The van der Waals surface area contributed by atoms with Crippen LogP contribution in [0.25, 0.3) is 0 Å². The number of rotatable bonds is 7. The van der Waals surface area contributed by atoms with Crippen LogP contribution in [-0.4, -0.2) is 146 Å². The second kappa shape index (κ2) is 12.6. The fourth-order valence-corrected chi connectivity index (χ4v) is 9.80. The number of ether oxygens (including phenoxy) is 6. The molecule has 284 valence electrons. The third-order valence-electron chi connectivity index (χ3n) is 12.4. The molecular weight excluding hydrogens is 680 g/mol. The topological polar surface area (TPSA) is 265 Å². The van der Waals surface area contributed by atoms with Crippen molar-refractivity contribution >= 4 is 23.7 Å². The van der Waals surface area contributed by atoms with E-state index < -0.39 is 125 Å². The van der Waals surface area contributed by atoms with Gasteiger partial charge < -0.3 is 64.2 Å². The number of carbonyl (C=O) groups is 4. The van der Waals surface area contributed by atoms with Crippen LogP contribution in [0.3, 0.4) is 0 Å². The van der Waals surface area contributed by atoms with Gasteiger partial charge in [-0.3, -0.25) is 4.79 Å². The molecule has 2 bridgehead atoms. The lowest BCUT2D eigenvalue weighted by Crippen LogP contribution is -2.79. The molecule has 1 spiro atoms. The van der Waals surface area contributed by atoms with E-state index in [4.69, 9.17) is 28.4 Å². The average molecular weight is 727 g/mol. The third kappa shape index (κ3) is 5.22. The third-order valence-corrected chi connectivity index (χ3v) is 12.4. The summed E-state index contributed by atoms with van der Waals surface area (Å²) in [6, 6.07) is 0. The van der Waals surface area contributed by atoms with E-state index in [9.17, 15) is 54.9 Å². The van der Waals surface area contributed by atoms with Gasteiger partial charge >= 0.3 is 17.9 Å². The summed E-state index contributed by atoms with van der Waals surface area (Å²) in [7, 11) is 1.04. The van der Waals surface area contributed by atoms with Gasteiger partial charge in [-0.1, -0.05) is 6.92 Å². The number of Topliss-reactive ketones (excluding diaryl/α,β-unsaturated/α-hetero) is 1. The molecule has 0 radical (unpaired) electrons. The molecule has 5 fully saturated rings. The van der Waals surface area contributed by atoms with Crippen molar-refractivity contribution in [2.45, 2.75) is 114 Å². The van der Waals surface area contributed by atoms with Crippen LogP contribution in [0.4, 0.5) is 0 Å². The van der Waals surface area contributed by atoms with Gasteiger partial charge in [-0.15, -0.1) is 0 Å². The summed E-state index contributed by atoms with van der Waals surface area (Å²) < 4.78 is 34.2. The van der Waals surface area contributed by atoms with Crippen molar-refractivity contribution in [3.8, 4) is 0 Å². The predicted octanol–water partition coefficient (Wildman–Crippen LogP) is -2.47. The Kier molecular flexibility index (Phi) is 9.29. The van der Waals surface area contributed by atoms with Crippen molar-refractivity contribution in [2.75, 3.05) is 20.3 Å². The van der Waals surface area contributed by atoms with E-state index >= 15 is 0 Å². The molecule has 51 heavy (non-hydrogen) atoms. The van der Waals surface area contributed by atoms with E-state index in [2.05, 4.69) is 0 Å². The molecule has 0 aromatic carbocycles. The van der Waals surface area contributed by atoms with Gasteiger partial charge in [0.1, 0.15) is 36.6 Å². The molecule has 0 aromatic rings. The minimum Gasteiger partial charge on any atom is -0.467 e. The highest BCUT2D eigenvalue weighted by atomic mass is 16.7. The van der Waals surface area contributed by atoms with E-state index in [1.807, 2.05) is 0 Å². The van der Waals surface area contributed by atoms with Gasteiger partial charge in [0, 0.05) is 23.8 Å². The summed E-state index contributed by atoms with van der Waals surface area (Å²) in [4.78, 5) is 54.7. The number of hydrogen-bond acceptors (Lipinski definition) is 17. The first-order chi connectivity index (χ1) is 23.7. The summed E-state index contributed by atoms with van der Waals surface area (Å²) >= 11 is 0. The molecule has 6 rings (SSSR count). The molecule has 6 aliphatic rings. The number of allylic oxidation sites excluding steroid dienone is 2. The Morgan fingerprint density at radius 1 is 1.04 bits per heavy atom. The molecule has 15 atom stereocenters. The lowest BCUT2D eigenvalue weighted by molar-refractivity contribution is -0.296. The fourth-order valence-electron chi connectivity index (χ4n) is 9.80. The van der Waals surface area contributed by atoms with E-state index in [-0.39, 0.29) is 30.8 Å². The maximum absolute atomic E-state index is 14.0. The number of carbonyl (C=O) groups excluding carboxylic acids is 4. The molecule has 7 N–H and O–H groups in total. The van der Waals surface area contributed by atoms with Gasteiger partial charge in [0.2, 0.25) is 18.0 Å².